The van der Waals surface area contributed by atoms with Crippen LogP contribution in [0.25, 0.3) is 0 Å². The molecule has 0 radical (unpaired) electrons. The van der Waals surface area contributed by atoms with Crippen molar-refractivity contribution in [1.29, 1.82) is 0 Å². The van der Waals surface area contributed by atoms with Gasteiger partial charge in [-0.25, -0.2) is 9.37 Å². The van der Waals surface area contributed by atoms with E-state index in [0.717, 1.165) is 28.3 Å². The minimum absolute atomic E-state index is 0.0211. The summed E-state index contributed by atoms with van der Waals surface area (Å²) in [4.78, 5) is 22.0. The van der Waals surface area contributed by atoms with Crippen molar-refractivity contribution in [3.63, 3.8) is 0 Å². The smallest absolute Gasteiger partial charge is 0.273 e. The fraction of sp³-hybridized carbons (Fsp3) is 0.241. The first-order valence-electron chi connectivity index (χ1n) is 12.0. The molecule has 1 amide bonds. The lowest BCUT2D eigenvalue weighted by Crippen LogP contribution is -2.36. The maximum atomic E-state index is 13.4. The molecule has 0 spiro atoms. The zero-order valence-electron chi connectivity index (χ0n) is 20.2. The molecule has 36 heavy (non-hydrogen) atoms. The molecule has 0 saturated heterocycles. The molecule has 3 aromatic carbocycles. The van der Waals surface area contributed by atoms with Gasteiger partial charge in [0.1, 0.15) is 22.3 Å². The van der Waals surface area contributed by atoms with Crippen molar-refractivity contribution in [2.75, 3.05) is 13.7 Å². The summed E-state index contributed by atoms with van der Waals surface area (Å²) in [7, 11) is 1.65. The van der Waals surface area contributed by atoms with E-state index in [4.69, 9.17) is 9.72 Å². The van der Waals surface area contributed by atoms with Gasteiger partial charge < -0.3 is 9.64 Å². The second-order valence-electron chi connectivity index (χ2n) is 8.99. The molecule has 0 saturated carbocycles. The number of methoxy groups -OCH3 is 1. The number of fused-ring (bicyclic) bond motifs is 1. The molecule has 1 aromatic heterocycles. The zero-order valence-corrected chi connectivity index (χ0v) is 21.0. The number of halogens is 1. The largest absolute Gasteiger partial charge is 0.497 e. The number of hydrogen-bond donors (Lipinski definition) is 0. The van der Waals surface area contributed by atoms with Crippen molar-refractivity contribution in [1.82, 2.24) is 14.8 Å². The van der Waals surface area contributed by atoms with Crippen LogP contribution in [0.2, 0.25) is 0 Å². The Morgan fingerprint density at radius 1 is 0.972 bits per heavy atom. The van der Waals surface area contributed by atoms with Gasteiger partial charge in [-0.05, 0) is 52.9 Å². The number of ether oxygens (including phenoxy) is 1. The van der Waals surface area contributed by atoms with E-state index >= 15 is 0 Å². The van der Waals surface area contributed by atoms with Gasteiger partial charge in [-0.1, -0.05) is 48.5 Å². The van der Waals surface area contributed by atoms with Crippen LogP contribution in [-0.4, -0.2) is 34.3 Å². The Labute approximate surface area is 214 Å². The standard InChI is InChI=1S/C29H28FN3O2S/c1-35-26-12-8-22(9-13-26)17-32(16-21-6-10-25(30)11-7-21)19-28-31-27(20-36-28)29(34)33-15-14-23-4-2-3-5-24(23)18-33/h2-13,20H,14-19H2,1H3. The van der Waals surface area contributed by atoms with Crippen molar-refractivity contribution in [3.05, 3.63) is 117 Å². The second-order valence-corrected chi connectivity index (χ2v) is 9.93. The van der Waals surface area contributed by atoms with Gasteiger partial charge in [0, 0.05) is 31.6 Å². The highest BCUT2D eigenvalue weighted by molar-refractivity contribution is 7.09. The van der Waals surface area contributed by atoms with E-state index in [1.165, 1.54) is 34.6 Å². The Balaban J connectivity index is 1.30. The van der Waals surface area contributed by atoms with Crippen LogP contribution in [0.3, 0.4) is 0 Å². The lowest BCUT2D eigenvalue weighted by Gasteiger charge is -2.28. The van der Waals surface area contributed by atoms with Crippen molar-refractivity contribution < 1.29 is 13.9 Å². The Morgan fingerprint density at radius 2 is 1.64 bits per heavy atom. The van der Waals surface area contributed by atoms with Crippen LogP contribution in [0, 0.1) is 5.82 Å². The van der Waals surface area contributed by atoms with Crippen molar-refractivity contribution in [2.45, 2.75) is 32.6 Å². The first kappa shape index (κ1) is 24.2. The molecule has 7 heteroatoms. The van der Waals surface area contributed by atoms with Gasteiger partial charge in [-0.2, -0.15) is 0 Å². The van der Waals surface area contributed by atoms with E-state index in [0.29, 0.717) is 38.4 Å². The zero-order chi connectivity index (χ0) is 24.9. The number of carbonyl (C=O) groups excluding carboxylic acids is 1. The number of benzene rings is 3. The monoisotopic (exact) mass is 501 g/mol. The minimum atomic E-state index is -0.246. The van der Waals surface area contributed by atoms with Crippen LogP contribution in [-0.2, 0) is 32.6 Å². The maximum absolute atomic E-state index is 13.4. The number of rotatable bonds is 8. The Morgan fingerprint density at radius 3 is 2.33 bits per heavy atom. The average Bonchev–Trinajstić information content (AvgIpc) is 3.38. The summed E-state index contributed by atoms with van der Waals surface area (Å²) in [5, 5.41) is 2.74. The average molecular weight is 502 g/mol. The van der Waals surface area contributed by atoms with Gasteiger partial charge in [-0.3, -0.25) is 9.69 Å². The van der Waals surface area contributed by atoms with Crippen LogP contribution >= 0.6 is 11.3 Å². The molecule has 1 aliphatic heterocycles. The first-order valence-corrected chi connectivity index (χ1v) is 12.9. The molecule has 0 unspecified atom stereocenters. The molecule has 0 atom stereocenters. The van der Waals surface area contributed by atoms with E-state index in [9.17, 15) is 9.18 Å². The number of amides is 1. The summed E-state index contributed by atoms with van der Waals surface area (Å²) < 4.78 is 18.7. The molecule has 2 heterocycles. The molecule has 184 valence electrons. The highest BCUT2D eigenvalue weighted by atomic mass is 32.1. The second kappa shape index (κ2) is 11.0. The summed E-state index contributed by atoms with van der Waals surface area (Å²) in [6.07, 6.45) is 0.867. The third-order valence-corrected chi connectivity index (χ3v) is 7.27. The fourth-order valence-electron chi connectivity index (χ4n) is 4.51. The maximum Gasteiger partial charge on any atom is 0.273 e. The topological polar surface area (TPSA) is 45.7 Å². The van der Waals surface area contributed by atoms with Gasteiger partial charge >= 0.3 is 0 Å². The normalized spacial score (nSPS) is 13.0. The Hall–Kier alpha value is -3.55. The summed E-state index contributed by atoms with van der Waals surface area (Å²) in [6.45, 7) is 3.24. The molecule has 0 fully saturated rings. The number of hydrogen-bond acceptors (Lipinski definition) is 5. The van der Waals surface area contributed by atoms with Crippen molar-refractivity contribution >= 4 is 17.2 Å². The molecule has 4 aromatic rings. The van der Waals surface area contributed by atoms with Crippen LogP contribution in [0.5, 0.6) is 5.75 Å². The fourth-order valence-corrected chi connectivity index (χ4v) is 5.32. The molecule has 5 rings (SSSR count). The Kier molecular flexibility index (Phi) is 7.39. The molecule has 0 N–H and O–H groups in total. The van der Waals surface area contributed by atoms with E-state index in [2.05, 4.69) is 17.0 Å². The predicted octanol–water partition coefficient (Wildman–Crippen LogP) is 5.69. The lowest BCUT2D eigenvalue weighted by molar-refractivity contribution is 0.0729. The molecule has 5 nitrogen and oxygen atoms in total. The van der Waals surface area contributed by atoms with Crippen LogP contribution in [0.4, 0.5) is 4.39 Å². The summed E-state index contributed by atoms with van der Waals surface area (Å²) in [6, 6.07) is 22.9. The Bertz CT molecular complexity index is 1320. The lowest BCUT2D eigenvalue weighted by atomic mass is 10.00. The summed E-state index contributed by atoms with van der Waals surface area (Å²) in [5.41, 5.74) is 5.18. The van der Waals surface area contributed by atoms with E-state index in [1.807, 2.05) is 46.7 Å². The summed E-state index contributed by atoms with van der Waals surface area (Å²) >= 11 is 1.51. The van der Waals surface area contributed by atoms with Gasteiger partial charge in [0.25, 0.3) is 5.91 Å². The third-order valence-electron chi connectivity index (χ3n) is 6.43. The number of aromatic nitrogens is 1. The minimum Gasteiger partial charge on any atom is -0.497 e. The van der Waals surface area contributed by atoms with Crippen molar-refractivity contribution in [2.24, 2.45) is 0 Å². The molecule has 0 aliphatic carbocycles. The number of nitrogens with zero attached hydrogens (tertiary/aromatic N) is 3. The van der Waals surface area contributed by atoms with Crippen LogP contribution in [0.15, 0.2) is 78.2 Å². The molecule has 0 bridgehead atoms. The molecular weight excluding hydrogens is 473 g/mol. The van der Waals surface area contributed by atoms with Crippen molar-refractivity contribution in [3.8, 4) is 5.75 Å². The van der Waals surface area contributed by atoms with Crippen LogP contribution < -0.4 is 4.74 Å². The van der Waals surface area contributed by atoms with E-state index < -0.39 is 0 Å². The number of thiazole rings is 1. The third kappa shape index (κ3) is 5.80. The predicted molar refractivity (Wildman–Crippen MR) is 139 cm³/mol. The highest BCUT2D eigenvalue weighted by Gasteiger charge is 2.23. The SMILES string of the molecule is COc1ccc(CN(Cc2ccc(F)cc2)Cc2nc(C(=O)N3CCc4ccccc4C3)cs2)cc1. The quantitative estimate of drug-likeness (QED) is 0.311. The van der Waals surface area contributed by atoms with Gasteiger partial charge in [0.2, 0.25) is 0 Å². The van der Waals surface area contributed by atoms with Crippen LogP contribution in [0.1, 0.15) is 37.7 Å². The molecule has 1 aliphatic rings. The molecular formula is C29H28FN3O2S. The first-order chi connectivity index (χ1) is 17.6. The number of carbonyl (C=O) groups is 1. The van der Waals surface area contributed by atoms with Gasteiger partial charge in [-0.15, -0.1) is 11.3 Å². The van der Waals surface area contributed by atoms with Gasteiger partial charge in [0.05, 0.1) is 13.7 Å². The summed E-state index contributed by atoms with van der Waals surface area (Å²) in [5.74, 6) is 0.545. The van der Waals surface area contributed by atoms with Gasteiger partial charge in [0.15, 0.2) is 0 Å². The van der Waals surface area contributed by atoms with E-state index in [1.54, 1.807) is 19.2 Å². The highest BCUT2D eigenvalue weighted by Crippen LogP contribution is 2.23. The van der Waals surface area contributed by atoms with E-state index in [-0.39, 0.29) is 11.7 Å².